The summed E-state index contributed by atoms with van der Waals surface area (Å²) in [5.41, 5.74) is 0. The Bertz CT molecular complexity index is 537. The van der Waals surface area contributed by atoms with Crippen molar-refractivity contribution in [3.05, 3.63) is 23.5 Å². The molecule has 0 atom stereocenters. The molecule has 1 fully saturated rings. The first-order valence-corrected chi connectivity index (χ1v) is 6.57. The highest BCUT2D eigenvalue weighted by Crippen LogP contribution is 2.25. The number of carbonyl (C=O) groups is 1. The van der Waals surface area contributed by atoms with E-state index in [-0.39, 0.29) is 23.1 Å². The highest BCUT2D eigenvalue weighted by Gasteiger charge is 2.40. The molecule has 92 valence electrons. The van der Waals surface area contributed by atoms with E-state index in [0.717, 1.165) is 10.5 Å². The number of carboxylic acid groups (broad SMARTS) is 1. The molecule has 1 aliphatic rings. The van der Waals surface area contributed by atoms with Crippen molar-refractivity contribution in [3.63, 3.8) is 0 Å². The number of halogens is 1. The number of aromatic nitrogens is 1. The fourth-order valence-corrected chi connectivity index (χ4v) is 3.04. The molecule has 0 spiro atoms. The van der Waals surface area contributed by atoms with Gasteiger partial charge in [-0.25, -0.2) is 13.4 Å². The number of carboxylic acids is 1. The van der Waals surface area contributed by atoms with Crippen molar-refractivity contribution < 1.29 is 18.3 Å². The smallest absolute Gasteiger partial charge is 0.309 e. The van der Waals surface area contributed by atoms with Crippen LogP contribution in [0.5, 0.6) is 0 Å². The predicted molar refractivity (Wildman–Crippen MR) is 59.1 cm³/mol. The molecule has 1 N–H and O–H groups in total. The molecular weight excluding hydrogens is 268 g/mol. The second kappa shape index (κ2) is 4.25. The van der Waals surface area contributed by atoms with Gasteiger partial charge in [0.1, 0.15) is 10.0 Å². The predicted octanol–water partition coefficient (Wildman–Crippen LogP) is 0.440. The molecule has 0 bridgehead atoms. The van der Waals surface area contributed by atoms with Crippen LogP contribution in [0.2, 0.25) is 5.15 Å². The zero-order valence-electron chi connectivity index (χ0n) is 8.58. The molecule has 1 aromatic rings. The average Bonchev–Trinajstić information content (AvgIpc) is 2.14. The van der Waals surface area contributed by atoms with E-state index in [9.17, 15) is 13.2 Å². The van der Waals surface area contributed by atoms with Crippen molar-refractivity contribution in [1.82, 2.24) is 9.29 Å². The van der Waals surface area contributed by atoms with E-state index in [1.807, 2.05) is 0 Å². The summed E-state index contributed by atoms with van der Waals surface area (Å²) in [6.07, 6.45) is 1.16. The summed E-state index contributed by atoms with van der Waals surface area (Å²) in [6.45, 7) is 0.000582. The average molecular weight is 277 g/mol. The Hall–Kier alpha value is -1.18. The number of aliphatic carboxylic acids is 1. The fraction of sp³-hybridized carbons (Fsp3) is 0.333. The van der Waals surface area contributed by atoms with Gasteiger partial charge in [-0.1, -0.05) is 11.6 Å². The Balaban J connectivity index is 2.16. The van der Waals surface area contributed by atoms with E-state index >= 15 is 0 Å². The van der Waals surface area contributed by atoms with Crippen LogP contribution in [0.15, 0.2) is 23.2 Å². The van der Waals surface area contributed by atoms with Crippen LogP contribution in [-0.2, 0) is 14.8 Å². The third-order valence-electron chi connectivity index (χ3n) is 2.54. The molecule has 0 unspecified atom stereocenters. The first-order valence-electron chi connectivity index (χ1n) is 4.76. The number of hydrogen-bond acceptors (Lipinski definition) is 4. The van der Waals surface area contributed by atoms with Gasteiger partial charge in [-0.05, 0) is 12.1 Å². The van der Waals surface area contributed by atoms with Crippen molar-refractivity contribution in [2.24, 2.45) is 5.92 Å². The maximum Gasteiger partial charge on any atom is 0.309 e. The molecule has 2 heterocycles. The Morgan fingerprint density at radius 1 is 1.47 bits per heavy atom. The lowest BCUT2D eigenvalue weighted by atomic mass is 10.0. The highest BCUT2D eigenvalue weighted by atomic mass is 35.5. The van der Waals surface area contributed by atoms with Gasteiger partial charge in [0, 0.05) is 19.3 Å². The van der Waals surface area contributed by atoms with Crippen molar-refractivity contribution >= 4 is 27.6 Å². The molecule has 8 heteroatoms. The van der Waals surface area contributed by atoms with E-state index in [4.69, 9.17) is 16.7 Å². The summed E-state index contributed by atoms with van der Waals surface area (Å²) < 4.78 is 25.0. The lowest BCUT2D eigenvalue weighted by molar-refractivity contribution is -0.145. The monoisotopic (exact) mass is 276 g/mol. The highest BCUT2D eigenvalue weighted by molar-refractivity contribution is 7.89. The first kappa shape index (κ1) is 12.3. The molecule has 1 saturated heterocycles. The Morgan fingerprint density at radius 2 is 2.12 bits per heavy atom. The molecule has 0 aromatic carbocycles. The largest absolute Gasteiger partial charge is 0.481 e. The number of hydrogen-bond donors (Lipinski definition) is 1. The van der Waals surface area contributed by atoms with Gasteiger partial charge in [0.25, 0.3) is 0 Å². The lowest BCUT2D eigenvalue weighted by Gasteiger charge is -2.35. The normalized spacial score (nSPS) is 17.7. The van der Waals surface area contributed by atoms with Gasteiger partial charge in [0.05, 0.1) is 5.92 Å². The summed E-state index contributed by atoms with van der Waals surface area (Å²) in [4.78, 5) is 14.3. The summed E-state index contributed by atoms with van der Waals surface area (Å²) in [7, 11) is -3.64. The van der Waals surface area contributed by atoms with Crippen LogP contribution in [0.4, 0.5) is 0 Å². The van der Waals surface area contributed by atoms with Gasteiger partial charge in [0.2, 0.25) is 10.0 Å². The number of pyridine rings is 1. The SMILES string of the molecule is O=C(O)C1CN(S(=O)(=O)c2ccc(Cl)nc2)C1. The van der Waals surface area contributed by atoms with Gasteiger partial charge in [-0.2, -0.15) is 4.31 Å². The minimum absolute atomic E-state index is 0.000291. The van der Waals surface area contributed by atoms with Gasteiger partial charge in [-0.15, -0.1) is 0 Å². The lowest BCUT2D eigenvalue weighted by Crippen LogP contribution is -2.52. The minimum Gasteiger partial charge on any atom is -0.481 e. The second-order valence-corrected chi connectivity index (χ2v) is 6.00. The standard InChI is InChI=1S/C9H9ClN2O4S/c10-8-2-1-7(3-11-8)17(15,16)12-4-6(5-12)9(13)14/h1-3,6H,4-5H2,(H,13,14). The van der Waals surface area contributed by atoms with Crippen LogP contribution in [0, 0.1) is 5.92 Å². The zero-order chi connectivity index (χ0) is 12.6. The molecule has 0 aliphatic carbocycles. The summed E-state index contributed by atoms with van der Waals surface area (Å²) in [5, 5.41) is 8.88. The van der Waals surface area contributed by atoms with E-state index in [0.29, 0.717) is 0 Å². The van der Waals surface area contributed by atoms with Crippen molar-refractivity contribution in [3.8, 4) is 0 Å². The van der Waals surface area contributed by atoms with Crippen LogP contribution < -0.4 is 0 Å². The molecule has 17 heavy (non-hydrogen) atoms. The van der Waals surface area contributed by atoms with Gasteiger partial charge < -0.3 is 5.11 Å². The number of sulfonamides is 1. The molecule has 1 aliphatic heterocycles. The fourth-order valence-electron chi connectivity index (χ4n) is 1.45. The molecule has 2 rings (SSSR count). The number of nitrogens with zero attached hydrogens (tertiary/aromatic N) is 2. The van der Waals surface area contributed by atoms with Crippen LogP contribution >= 0.6 is 11.6 Å². The van der Waals surface area contributed by atoms with E-state index in [1.165, 1.54) is 12.1 Å². The van der Waals surface area contributed by atoms with Gasteiger partial charge in [-0.3, -0.25) is 4.79 Å². The molecule has 0 radical (unpaired) electrons. The topological polar surface area (TPSA) is 87.6 Å². The van der Waals surface area contributed by atoms with E-state index in [2.05, 4.69) is 4.98 Å². The van der Waals surface area contributed by atoms with Gasteiger partial charge in [0.15, 0.2) is 0 Å². The summed E-state index contributed by atoms with van der Waals surface area (Å²) in [5.74, 6) is -1.60. The second-order valence-electron chi connectivity index (χ2n) is 3.67. The van der Waals surface area contributed by atoms with Crippen LogP contribution in [-0.4, -0.2) is 41.9 Å². The Labute approximate surface area is 103 Å². The zero-order valence-corrected chi connectivity index (χ0v) is 10.1. The number of rotatable bonds is 3. The maximum absolute atomic E-state index is 11.9. The molecule has 0 amide bonds. The molecule has 1 aromatic heterocycles. The van der Waals surface area contributed by atoms with Crippen LogP contribution in [0.3, 0.4) is 0 Å². The Morgan fingerprint density at radius 3 is 2.59 bits per heavy atom. The van der Waals surface area contributed by atoms with Gasteiger partial charge >= 0.3 is 5.97 Å². The quantitative estimate of drug-likeness (QED) is 0.810. The molecule has 6 nitrogen and oxygen atoms in total. The van der Waals surface area contributed by atoms with E-state index < -0.39 is 21.9 Å². The van der Waals surface area contributed by atoms with Crippen LogP contribution in [0.25, 0.3) is 0 Å². The summed E-state index contributed by atoms with van der Waals surface area (Å²) in [6, 6.07) is 2.72. The van der Waals surface area contributed by atoms with Crippen molar-refractivity contribution in [2.75, 3.05) is 13.1 Å². The van der Waals surface area contributed by atoms with E-state index in [1.54, 1.807) is 0 Å². The van der Waals surface area contributed by atoms with Crippen LogP contribution in [0.1, 0.15) is 0 Å². The van der Waals surface area contributed by atoms with Crippen molar-refractivity contribution in [1.29, 1.82) is 0 Å². The third-order valence-corrected chi connectivity index (χ3v) is 4.57. The minimum atomic E-state index is -3.64. The maximum atomic E-state index is 11.9. The summed E-state index contributed by atoms with van der Waals surface area (Å²) >= 11 is 5.56. The molecule has 0 saturated carbocycles. The Kier molecular flexibility index (Phi) is 3.07. The first-order chi connectivity index (χ1) is 7.91. The van der Waals surface area contributed by atoms with Crippen molar-refractivity contribution in [2.45, 2.75) is 4.90 Å². The third kappa shape index (κ3) is 2.26. The molecular formula is C9H9ClN2O4S.